The summed E-state index contributed by atoms with van der Waals surface area (Å²) in [4.78, 5) is 11.2. The third-order valence-electron chi connectivity index (χ3n) is 4.34. The molecular weight excluding hydrogens is 312 g/mol. The van der Waals surface area contributed by atoms with Crippen LogP contribution in [-0.4, -0.2) is 24.3 Å². The van der Waals surface area contributed by atoms with Gasteiger partial charge in [0.2, 0.25) is 0 Å². The number of carbonyl (C=O) groups is 1. The molecule has 3 heteroatoms. The quantitative estimate of drug-likeness (QED) is 0.171. The van der Waals surface area contributed by atoms with Crippen LogP contribution in [0.5, 0.6) is 0 Å². The van der Waals surface area contributed by atoms with Crippen molar-refractivity contribution in [3.05, 3.63) is 13.2 Å². The van der Waals surface area contributed by atoms with Crippen LogP contribution in [0.25, 0.3) is 0 Å². The molecule has 0 amide bonds. The summed E-state index contributed by atoms with van der Waals surface area (Å²) in [5.41, 5.74) is 0. The van der Waals surface area contributed by atoms with Crippen LogP contribution in [0.15, 0.2) is 13.2 Å². The van der Waals surface area contributed by atoms with Crippen LogP contribution in [0.1, 0.15) is 110 Å². The van der Waals surface area contributed by atoms with Crippen molar-refractivity contribution in [2.24, 2.45) is 0 Å². The number of hydrogen-bond donors (Lipinski definition) is 1. The fourth-order valence-electron chi connectivity index (χ4n) is 2.87. The molecule has 0 saturated heterocycles. The van der Waals surface area contributed by atoms with Gasteiger partial charge >= 0.3 is 5.97 Å². The van der Waals surface area contributed by atoms with Crippen LogP contribution in [0, 0.1) is 0 Å². The first-order valence-corrected chi connectivity index (χ1v) is 10.6. The smallest absolute Gasteiger partial charge is 0.305 e. The average molecular weight is 357 g/mol. The van der Waals surface area contributed by atoms with E-state index in [1.807, 2.05) is 0 Å². The maximum absolute atomic E-state index is 11.2. The Morgan fingerprint density at radius 3 is 1.44 bits per heavy atom. The first kappa shape index (κ1) is 26.4. The van der Waals surface area contributed by atoms with Crippen molar-refractivity contribution in [1.82, 2.24) is 0 Å². The molecule has 0 aliphatic heterocycles. The van der Waals surface area contributed by atoms with Crippen molar-refractivity contribution in [1.29, 1.82) is 0 Å². The lowest BCUT2D eigenvalue weighted by Gasteiger charge is -2.04. The van der Waals surface area contributed by atoms with E-state index in [1.165, 1.54) is 83.5 Å². The lowest BCUT2D eigenvalue weighted by atomic mass is 10.0. The molecule has 0 unspecified atom stereocenters. The molecule has 0 heterocycles. The Hall–Kier alpha value is -0.830. The van der Waals surface area contributed by atoms with E-state index >= 15 is 0 Å². The second-order valence-corrected chi connectivity index (χ2v) is 6.64. The van der Waals surface area contributed by atoms with E-state index in [1.54, 1.807) is 0 Å². The molecule has 0 aliphatic carbocycles. The molecule has 0 saturated carbocycles. The fourth-order valence-corrected chi connectivity index (χ4v) is 2.87. The maximum atomic E-state index is 11.2. The van der Waals surface area contributed by atoms with E-state index in [2.05, 4.69) is 20.1 Å². The summed E-state index contributed by atoms with van der Waals surface area (Å²) < 4.78 is 4.82. The van der Waals surface area contributed by atoms with Crippen LogP contribution in [0.4, 0.5) is 0 Å². The van der Waals surface area contributed by atoms with Crippen molar-refractivity contribution in [2.45, 2.75) is 110 Å². The summed E-state index contributed by atoms with van der Waals surface area (Å²) in [5.74, 6) is -0.172. The van der Waals surface area contributed by atoms with Crippen molar-refractivity contribution in [3.63, 3.8) is 0 Å². The Balaban J connectivity index is 0. The summed E-state index contributed by atoms with van der Waals surface area (Å²) in [7, 11) is 0. The summed E-state index contributed by atoms with van der Waals surface area (Å²) >= 11 is 0. The fraction of sp³-hybridized carbons (Fsp3) is 0.864. The van der Waals surface area contributed by atoms with Crippen molar-refractivity contribution in [2.75, 3.05) is 13.2 Å². The largest absolute Gasteiger partial charge is 0.463 e. The number of rotatable bonds is 18. The maximum Gasteiger partial charge on any atom is 0.305 e. The average Bonchev–Trinajstić information content (AvgIpc) is 2.64. The topological polar surface area (TPSA) is 46.5 Å². The molecule has 0 radical (unpaired) electrons. The van der Waals surface area contributed by atoms with Gasteiger partial charge in [0.15, 0.2) is 0 Å². The second-order valence-electron chi connectivity index (χ2n) is 6.64. The second kappa shape index (κ2) is 25.4. The molecule has 0 rings (SSSR count). The predicted octanol–water partition coefficient (Wildman–Crippen LogP) is 6.59. The van der Waals surface area contributed by atoms with E-state index in [9.17, 15) is 4.79 Å². The monoisotopic (exact) mass is 356 g/mol. The Kier molecular flexibility index (Phi) is 26.8. The van der Waals surface area contributed by atoms with Crippen LogP contribution in [0.2, 0.25) is 0 Å². The third kappa shape index (κ3) is 25.5. The van der Waals surface area contributed by atoms with Crippen molar-refractivity contribution < 1.29 is 14.6 Å². The summed E-state index contributed by atoms with van der Waals surface area (Å²) in [5, 5.41) is 8.54. The van der Waals surface area contributed by atoms with Gasteiger partial charge in [0, 0.05) is 6.42 Å². The number of aliphatic hydroxyl groups is 1. The zero-order chi connectivity index (χ0) is 19.0. The highest BCUT2D eigenvalue weighted by molar-refractivity contribution is 5.69. The van der Waals surface area contributed by atoms with E-state index in [4.69, 9.17) is 9.84 Å². The van der Waals surface area contributed by atoms with Gasteiger partial charge in [-0.25, -0.2) is 0 Å². The summed E-state index contributed by atoms with van der Waals surface area (Å²) in [6.45, 7) is 8.33. The molecule has 0 bridgehead atoms. The number of esters is 1. The molecule has 0 spiro atoms. The molecule has 0 atom stereocenters. The highest BCUT2D eigenvalue weighted by atomic mass is 16.5. The molecule has 0 aliphatic rings. The minimum atomic E-state index is -0.172. The summed E-state index contributed by atoms with van der Waals surface area (Å²) in [6, 6.07) is 0. The summed E-state index contributed by atoms with van der Waals surface area (Å²) in [6.07, 6.45) is 20.4. The predicted molar refractivity (Wildman–Crippen MR) is 109 cm³/mol. The van der Waals surface area contributed by atoms with Crippen molar-refractivity contribution in [3.8, 4) is 0 Å². The number of ether oxygens (including phenoxy) is 1. The number of aliphatic hydroxyl groups excluding tert-OH is 1. The molecular formula is C22H44O3. The molecule has 25 heavy (non-hydrogen) atoms. The van der Waals surface area contributed by atoms with Gasteiger partial charge in [-0.05, 0) is 6.42 Å². The lowest BCUT2D eigenvalue weighted by Crippen LogP contribution is -2.07. The van der Waals surface area contributed by atoms with E-state index in [0.717, 1.165) is 12.8 Å². The SMILES string of the molecule is C=C.CCCCCCCCCCCCCCCCCC(=O)OCCO. The van der Waals surface area contributed by atoms with Gasteiger partial charge < -0.3 is 9.84 Å². The van der Waals surface area contributed by atoms with Crippen LogP contribution in [0.3, 0.4) is 0 Å². The van der Waals surface area contributed by atoms with Gasteiger partial charge in [0.05, 0.1) is 6.61 Å². The lowest BCUT2D eigenvalue weighted by molar-refractivity contribution is -0.144. The standard InChI is InChI=1S/C20H40O3.C2H4/c1-2-3-4-5-6-7-8-9-10-11-12-13-14-15-16-17-20(22)23-19-18-21;1-2/h21H,2-19H2,1H3;1-2H2. The van der Waals surface area contributed by atoms with Crippen LogP contribution >= 0.6 is 0 Å². The first-order valence-electron chi connectivity index (χ1n) is 10.6. The van der Waals surface area contributed by atoms with Gasteiger partial charge in [-0.1, -0.05) is 96.8 Å². The van der Waals surface area contributed by atoms with Gasteiger partial charge in [-0.3, -0.25) is 4.79 Å². The third-order valence-corrected chi connectivity index (χ3v) is 4.34. The number of unbranched alkanes of at least 4 members (excludes halogenated alkanes) is 14. The minimum absolute atomic E-state index is 0.0788. The number of hydrogen-bond acceptors (Lipinski definition) is 3. The molecule has 0 aromatic heterocycles. The normalized spacial score (nSPS) is 10.2. The zero-order valence-electron chi connectivity index (χ0n) is 16.9. The van der Waals surface area contributed by atoms with E-state index in [0.29, 0.717) is 6.42 Å². The Morgan fingerprint density at radius 1 is 0.720 bits per heavy atom. The van der Waals surface area contributed by atoms with E-state index < -0.39 is 0 Å². The Bertz CT molecular complexity index is 254. The molecule has 3 nitrogen and oxygen atoms in total. The van der Waals surface area contributed by atoms with Gasteiger partial charge in [-0.15, -0.1) is 13.2 Å². The minimum Gasteiger partial charge on any atom is -0.463 e. The zero-order valence-corrected chi connectivity index (χ0v) is 16.9. The van der Waals surface area contributed by atoms with Crippen LogP contribution in [-0.2, 0) is 9.53 Å². The van der Waals surface area contributed by atoms with Gasteiger partial charge in [-0.2, -0.15) is 0 Å². The molecule has 0 fully saturated rings. The highest BCUT2D eigenvalue weighted by Crippen LogP contribution is 2.13. The highest BCUT2D eigenvalue weighted by Gasteiger charge is 2.01. The molecule has 1 N–H and O–H groups in total. The molecule has 0 aromatic carbocycles. The Labute approximate surface area is 157 Å². The Morgan fingerprint density at radius 2 is 1.08 bits per heavy atom. The molecule has 0 aromatic rings. The van der Waals surface area contributed by atoms with Gasteiger partial charge in [0.25, 0.3) is 0 Å². The number of carbonyl (C=O) groups excluding carboxylic acids is 1. The first-order chi connectivity index (χ1) is 12.3. The molecule has 150 valence electrons. The van der Waals surface area contributed by atoms with Crippen molar-refractivity contribution >= 4 is 5.97 Å². The van der Waals surface area contributed by atoms with E-state index in [-0.39, 0.29) is 19.2 Å². The van der Waals surface area contributed by atoms with Gasteiger partial charge in [0.1, 0.15) is 6.61 Å². The van der Waals surface area contributed by atoms with Crippen LogP contribution < -0.4 is 0 Å².